The monoisotopic (exact) mass is 454 g/mol. The Labute approximate surface area is 185 Å². The van der Waals surface area contributed by atoms with Crippen molar-refractivity contribution in [1.29, 1.82) is 0 Å². The van der Waals surface area contributed by atoms with Crippen molar-refractivity contribution in [3.05, 3.63) is 40.8 Å². The summed E-state index contributed by atoms with van der Waals surface area (Å²) in [6.07, 6.45) is 3.47. The van der Waals surface area contributed by atoms with Gasteiger partial charge in [-0.2, -0.15) is 10.1 Å². The fourth-order valence-electron chi connectivity index (χ4n) is 5.42. The summed E-state index contributed by atoms with van der Waals surface area (Å²) in [7, 11) is 0. The highest BCUT2D eigenvalue weighted by Crippen LogP contribution is 2.55. The number of nitrogens with zero attached hydrogens (tertiary/aromatic N) is 7. The summed E-state index contributed by atoms with van der Waals surface area (Å²) in [5, 5.41) is 47.6. The van der Waals surface area contributed by atoms with Crippen LogP contribution in [0.5, 0.6) is 0 Å². The fraction of sp³-hybridized carbons (Fsp3) is 0.450. The van der Waals surface area contributed by atoms with Crippen molar-refractivity contribution in [2.75, 3.05) is 5.32 Å². The number of hydrogen-bond acceptors (Lipinski definition) is 10. The molecule has 2 fully saturated rings. The van der Waals surface area contributed by atoms with Crippen molar-refractivity contribution in [1.82, 2.24) is 33.7 Å². The summed E-state index contributed by atoms with van der Waals surface area (Å²) >= 11 is 0. The van der Waals surface area contributed by atoms with Gasteiger partial charge in [-0.1, -0.05) is 0 Å². The number of rotatable bonds is 4. The average molecular weight is 454 g/mol. The van der Waals surface area contributed by atoms with Gasteiger partial charge < -0.3 is 25.7 Å². The van der Waals surface area contributed by atoms with Crippen LogP contribution in [0.2, 0.25) is 0 Å². The summed E-state index contributed by atoms with van der Waals surface area (Å²) in [5.74, 6) is 0.165. The summed E-state index contributed by atoms with van der Waals surface area (Å²) in [4.78, 5) is 26.2. The molecule has 13 heteroatoms. The number of anilines is 2. The van der Waals surface area contributed by atoms with Crippen LogP contribution in [0.25, 0.3) is 16.8 Å². The van der Waals surface area contributed by atoms with Crippen LogP contribution in [0.15, 0.2) is 29.6 Å². The topological polar surface area (TPSA) is 176 Å². The van der Waals surface area contributed by atoms with E-state index in [1.165, 1.54) is 17.1 Å². The van der Waals surface area contributed by atoms with Crippen LogP contribution < -0.4 is 11.0 Å². The molecule has 2 aliphatic rings. The van der Waals surface area contributed by atoms with E-state index < -0.39 is 22.9 Å². The van der Waals surface area contributed by atoms with Crippen LogP contribution in [0.1, 0.15) is 37.7 Å². The molecule has 4 aromatic heterocycles. The Kier molecular flexibility index (Phi) is 3.89. The van der Waals surface area contributed by atoms with Gasteiger partial charge in [0.2, 0.25) is 5.95 Å². The maximum Gasteiger partial charge on any atom is 0.377 e. The predicted octanol–water partition coefficient (Wildman–Crippen LogP) is -0.363. The Balaban J connectivity index is 1.52. The van der Waals surface area contributed by atoms with E-state index in [2.05, 4.69) is 25.4 Å². The molecule has 0 amide bonds. The first-order valence-electron chi connectivity index (χ1n) is 10.6. The van der Waals surface area contributed by atoms with Gasteiger partial charge in [0.1, 0.15) is 11.8 Å². The zero-order valence-corrected chi connectivity index (χ0v) is 17.7. The maximum atomic E-state index is 13.3. The molecule has 5 N–H and O–H groups in total. The molecule has 6 rings (SSSR count). The van der Waals surface area contributed by atoms with E-state index in [1.807, 2.05) is 13.0 Å². The first kappa shape index (κ1) is 20.2. The van der Waals surface area contributed by atoms with Crippen molar-refractivity contribution < 1.29 is 20.4 Å². The molecular weight excluding hydrogens is 432 g/mol. The molecule has 2 aliphatic carbocycles. The van der Waals surface area contributed by atoms with Gasteiger partial charge in [0, 0.05) is 0 Å². The number of imidazole rings is 1. The Morgan fingerprint density at radius 3 is 2.58 bits per heavy atom. The van der Waals surface area contributed by atoms with Gasteiger partial charge in [0.05, 0.1) is 29.2 Å². The van der Waals surface area contributed by atoms with Crippen LogP contribution in [0.3, 0.4) is 0 Å². The highest BCUT2D eigenvalue weighted by Gasteiger charge is 2.56. The van der Waals surface area contributed by atoms with Crippen molar-refractivity contribution in [3.63, 3.8) is 0 Å². The summed E-state index contributed by atoms with van der Waals surface area (Å²) in [6, 6.07) is 1.84. The average Bonchev–Trinajstić information content (AvgIpc) is 3.47. The van der Waals surface area contributed by atoms with Gasteiger partial charge in [0.15, 0.2) is 11.3 Å². The van der Waals surface area contributed by atoms with Crippen molar-refractivity contribution in [2.45, 2.75) is 56.3 Å². The van der Waals surface area contributed by atoms with Gasteiger partial charge >= 0.3 is 11.8 Å². The molecule has 2 saturated carbocycles. The van der Waals surface area contributed by atoms with E-state index in [0.29, 0.717) is 48.0 Å². The molecule has 0 atom stereocenters. The lowest BCUT2D eigenvalue weighted by atomic mass is 9.92. The van der Waals surface area contributed by atoms with Gasteiger partial charge in [0.25, 0.3) is 0 Å². The van der Waals surface area contributed by atoms with Crippen LogP contribution in [0.4, 0.5) is 11.6 Å². The summed E-state index contributed by atoms with van der Waals surface area (Å²) < 4.78 is 3.41. The number of aryl methyl sites for hydroxylation is 1. The molecule has 0 aromatic carbocycles. The minimum Gasteiger partial charge on any atom is -0.390 e. The Hall–Kier alpha value is -3.39. The van der Waals surface area contributed by atoms with Gasteiger partial charge in [-0.25, -0.2) is 23.8 Å². The molecule has 0 saturated heterocycles. The molecule has 4 heterocycles. The van der Waals surface area contributed by atoms with Gasteiger partial charge in [-0.05, 0) is 50.7 Å². The molecule has 0 radical (unpaired) electrons. The van der Waals surface area contributed by atoms with E-state index in [1.54, 1.807) is 10.7 Å². The molecular formula is C20H22N8O5. The molecule has 2 bridgehead atoms. The summed E-state index contributed by atoms with van der Waals surface area (Å²) in [6.45, 7) is 1.89. The second kappa shape index (κ2) is 6.35. The van der Waals surface area contributed by atoms with Crippen LogP contribution in [-0.2, 0) is 11.6 Å². The number of fused-ring (bicyclic) bond motifs is 4. The lowest BCUT2D eigenvalue weighted by molar-refractivity contribution is -0.374. The smallest absolute Gasteiger partial charge is 0.377 e. The second-order valence-corrected chi connectivity index (χ2v) is 9.14. The lowest BCUT2D eigenvalue weighted by Crippen LogP contribution is -2.45. The van der Waals surface area contributed by atoms with E-state index >= 15 is 0 Å². The maximum absolute atomic E-state index is 13.3. The minimum atomic E-state index is -3.43. The summed E-state index contributed by atoms with van der Waals surface area (Å²) in [5.41, 5.74) is -0.138. The first-order valence-corrected chi connectivity index (χ1v) is 10.6. The Morgan fingerprint density at radius 1 is 1.15 bits per heavy atom. The molecule has 172 valence electrons. The normalized spacial score (nSPS) is 24.9. The van der Waals surface area contributed by atoms with E-state index in [-0.39, 0.29) is 17.1 Å². The molecule has 0 unspecified atom stereocenters. The number of aromatic nitrogens is 7. The standard InChI is InChI=1S/C20H22N8O5/c1-11-6-14-22-10-23-26(14)8-12(11)24-16-21-7-13-15(25-16)28(17(29)27(13)20(31,32)33)18-2-4-19(30,9-18)5-3-18/h6-8,10,30-33H,2-5,9H2,1H3,(H,21,24,25). The highest BCUT2D eigenvalue weighted by atomic mass is 16.7. The van der Waals surface area contributed by atoms with Crippen LogP contribution >= 0.6 is 0 Å². The molecule has 0 aliphatic heterocycles. The van der Waals surface area contributed by atoms with E-state index in [0.717, 1.165) is 5.56 Å². The fourth-order valence-corrected chi connectivity index (χ4v) is 5.42. The zero-order valence-electron chi connectivity index (χ0n) is 17.7. The largest absolute Gasteiger partial charge is 0.390 e. The third kappa shape index (κ3) is 2.90. The van der Waals surface area contributed by atoms with Crippen molar-refractivity contribution in [2.24, 2.45) is 0 Å². The molecule has 4 aromatic rings. The highest BCUT2D eigenvalue weighted by molar-refractivity contribution is 5.74. The minimum absolute atomic E-state index is 0.0433. The number of pyridine rings is 1. The van der Waals surface area contributed by atoms with Crippen molar-refractivity contribution in [3.8, 4) is 0 Å². The third-order valence-electron chi connectivity index (χ3n) is 7.00. The predicted molar refractivity (Wildman–Crippen MR) is 113 cm³/mol. The lowest BCUT2D eigenvalue weighted by Gasteiger charge is -2.27. The number of hydrogen-bond donors (Lipinski definition) is 5. The van der Waals surface area contributed by atoms with Gasteiger partial charge in [-0.3, -0.25) is 4.57 Å². The van der Waals surface area contributed by atoms with E-state index in [9.17, 15) is 25.2 Å². The Bertz CT molecular complexity index is 1470. The quantitative estimate of drug-likeness (QED) is 0.256. The third-order valence-corrected chi connectivity index (χ3v) is 7.00. The number of aliphatic hydroxyl groups is 4. The number of nitrogens with one attached hydrogen (secondary N) is 1. The second-order valence-electron chi connectivity index (χ2n) is 9.14. The molecule has 0 spiro atoms. The first-order chi connectivity index (χ1) is 15.6. The van der Waals surface area contributed by atoms with E-state index in [4.69, 9.17) is 0 Å². The molecule has 13 nitrogen and oxygen atoms in total. The molecule has 33 heavy (non-hydrogen) atoms. The SMILES string of the molecule is Cc1cc2ncnn2cc1Nc1ncc2c(n1)n(C13CCC(O)(CC1)C3)c(=O)n2C(O)(O)O. The zero-order chi connectivity index (χ0) is 23.2. The van der Waals surface area contributed by atoms with Crippen LogP contribution in [-0.4, -0.2) is 59.7 Å². The van der Waals surface area contributed by atoms with Gasteiger partial charge in [-0.15, -0.1) is 0 Å². The van der Waals surface area contributed by atoms with Crippen molar-refractivity contribution >= 4 is 28.4 Å². The van der Waals surface area contributed by atoms with Crippen LogP contribution in [0, 0.1) is 6.92 Å². The Morgan fingerprint density at radius 2 is 1.91 bits per heavy atom.